The van der Waals surface area contributed by atoms with Crippen LogP contribution in [-0.4, -0.2) is 56.0 Å². The monoisotopic (exact) mass is 249 g/mol. The number of sulfone groups is 1. The lowest BCUT2D eigenvalue weighted by Crippen LogP contribution is -2.44. The number of likely N-dealkylation sites (tertiary alicyclic amines) is 1. The van der Waals surface area contributed by atoms with Gasteiger partial charge in [0.25, 0.3) is 0 Å². The topological polar surface area (TPSA) is 74.7 Å². The fraction of sp³-hybridized carbons (Fsp3) is 0.900. The van der Waals surface area contributed by atoms with E-state index in [2.05, 4.69) is 0 Å². The summed E-state index contributed by atoms with van der Waals surface area (Å²) >= 11 is 0. The summed E-state index contributed by atoms with van der Waals surface area (Å²) in [4.78, 5) is 13.0. The third-order valence-corrected chi connectivity index (χ3v) is 4.18. The fourth-order valence-corrected chi connectivity index (χ4v) is 2.37. The summed E-state index contributed by atoms with van der Waals surface area (Å²) in [7, 11) is -2.93. The molecule has 0 bridgehead atoms. The van der Waals surface area contributed by atoms with Crippen LogP contribution in [0, 0.1) is 5.41 Å². The van der Waals surface area contributed by atoms with Gasteiger partial charge in [-0.15, -0.1) is 0 Å². The predicted molar refractivity (Wildman–Crippen MR) is 61.1 cm³/mol. The summed E-state index contributed by atoms with van der Waals surface area (Å²) in [6.45, 7) is 3.59. The number of carboxylic acid groups (broad SMARTS) is 1. The van der Waals surface area contributed by atoms with E-state index in [1.165, 1.54) is 6.26 Å². The molecule has 0 atom stereocenters. The molecule has 0 unspecified atom stereocenters. The highest BCUT2D eigenvalue weighted by molar-refractivity contribution is 7.90. The van der Waals surface area contributed by atoms with E-state index in [-0.39, 0.29) is 5.75 Å². The van der Waals surface area contributed by atoms with Crippen molar-refractivity contribution in [2.75, 3.05) is 31.6 Å². The van der Waals surface area contributed by atoms with Gasteiger partial charge >= 0.3 is 5.97 Å². The smallest absolute Gasteiger partial charge is 0.309 e. The van der Waals surface area contributed by atoms with Crippen molar-refractivity contribution in [3.63, 3.8) is 0 Å². The minimum atomic E-state index is -2.93. The largest absolute Gasteiger partial charge is 0.481 e. The zero-order chi connectivity index (χ0) is 12.4. The Balaban J connectivity index is 2.41. The van der Waals surface area contributed by atoms with Crippen LogP contribution in [0.2, 0.25) is 0 Å². The first-order valence-electron chi connectivity index (χ1n) is 5.36. The molecule has 0 aromatic rings. The third-order valence-electron chi connectivity index (χ3n) is 3.25. The first kappa shape index (κ1) is 13.4. The van der Waals surface area contributed by atoms with E-state index in [4.69, 9.17) is 5.11 Å². The molecule has 0 aromatic carbocycles. The van der Waals surface area contributed by atoms with Gasteiger partial charge in [-0.1, -0.05) is 0 Å². The second-order valence-electron chi connectivity index (χ2n) is 4.84. The lowest BCUT2D eigenvalue weighted by molar-refractivity contribution is -0.150. The summed E-state index contributed by atoms with van der Waals surface area (Å²) in [6.07, 6.45) is 2.40. The molecule has 1 N–H and O–H groups in total. The number of hydrogen-bond acceptors (Lipinski definition) is 4. The Morgan fingerprint density at radius 1 is 1.38 bits per heavy atom. The first-order valence-corrected chi connectivity index (χ1v) is 7.42. The van der Waals surface area contributed by atoms with Gasteiger partial charge in [-0.2, -0.15) is 0 Å². The Morgan fingerprint density at radius 2 is 1.88 bits per heavy atom. The van der Waals surface area contributed by atoms with Gasteiger partial charge in [0.15, 0.2) is 0 Å². The number of piperidine rings is 1. The summed E-state index contributed by atoms with van der Waals surface area (Å²) in [6, 6.07) is 0. The highest BCUT2D eigenvalue weighted by Gasteiger charge is 2.36. The third kappa shape index (κ3) is 3.75. The minimum absolute atomic E-state index is 0.150. The quantitative estimate of drug-likeness (QED) is 0.771. The van der Waals surface area contributed by atoms with E-state index in [0.29, 0.717) is 32.5 Å². The lowest BCUT2D eigenvalue weighted by atomic mass is 9.80. The van der Waals surface area contributed by atoms with Gasteiger partial charge in [-0.25, -0.2) is 8.42 Å². The lowest BCUT2D eigenvalue weighted by Gasteiger charge is -2.36. The van der Waals surface area contributed by atoms with E-state index in [1.807, 2.05) is 4.90 Å². The van der Waals surface area contributed by atoms with Gasteiger partial charge in [0.2, 0.25) is 0 Å². The Hall–Kier alpha value is -0.620. The molecule has 1 fully saturated rings. The second kappa shape index (κ2) is 4.71. The molecule has 0 aliphatic carbocycles. The van der Waals surface area contributed by atoms with Crippen molar-refractivity contribution in [3.05, 3.63) is 0 Å². The molecular formula is C10H19NO4S. The SMILES string of the molecule is CC1(C(=O)O)CCN(CCS(C)(=O)=O)CC1. The van der Waals surface area contributed by atoms with E-state index in [9.17, 15) is 13.2 Å². The van der Waals surface area contributed by atoms with Crippen molar-refractivity contribution < 1.29 is 18.3 Å². The molecule has 0 radical (unpaired) electrons. The molecule has 5 nitrogen and oxygen atoms in total. The van der Waals surface area contributed by atoms with E-state index in [0.717, 1.165) is 0 Å². The van der Waals surface area contributed by atoms with E-state index in [1.54, 1.807) is 6.92 Å². The molecule has 0 aromatic heterocycles. The molecule has 0 spiro atoms. The maximum atomic E-state index is 11.0. The number of rotatable bonds is 4. The van der Waals surface area contributed by atoms with Gasteiger partial charge in [-0.3, -0.25) is 4.79 Å². The zero-order valence-corrected chi connectivity index (χ0v) is 10.6. The molecule has 1 rings (SSSR count). The van der Waals surface area contributed by atoms with Crippen molar-refractivity contribution >= 4 is 15.8 Å². The van der Waals surface area contributed by atoms with Crippen LogP contribution in [0.25, 0.3) is 0 Å². The van der Waals surface area contributed by atoms with Gasteiger partial charge in [0.05, 0.1) is 11.2 Å². The Kier molecular flexibility index (Phi) is 3.96. The summed E-state index contributed by atoms with van der Waals surface area (Å²) in [5.74, 6) is -0.605. The second-order valence-corrected chi connectivity index (χ2v) is 7.10. The molecule has 1 aliphatic heterocycles. The number of carbonyl (C=O) groups is 1. The fourth-order valence-electron chi connectivity index (χ4n) is 1.78. The Morgan fingerprint density at radius 3 is 2.25 bits per heavy atom. The Bertz CT molecular complexity index is 355. The molecular weight excluding hydrogens is 230 g/mol. The summed E-state index contributed by atoms with van der Waals surface area (Å²) < 4.78 is 22.0. The van der Waals surface area contributed by atoms with Crippen LogP contribution in [0.4, 0.5) is 0 Å². The highest BCUT2D eigenvalue weighted by atomic mass is 32.2. The predicted octanol–water partition coefficient (Wildman–Crippen LogP) is 0.218. The van der Waals surface area contributed by atoms with Crippen molar-refractivity contribution in [1.82, 2.24) is 4.90 Å². The average molecular weight is 249 g/mol. The number of aliphatic carboxylic acids is 1. The molecule has 6 heteroatoms. The maximum absolute atomic E-state index is 11.0. The number of nitrogens with zero attached hydrogens (tertiary/aromatic N) is 1. The van der Waals surface area contributed by atoms with Gasteiger partial charge in [0, 0.05) is 12.8 Å². The molecule has 0 saturated carbocycles. The molecule has 94 valence electrons. The van der Waals surface area contributed by atoms with Crippen molar-refractivity contribution in [3.8, 4) is 0 Å². The minimum Gasteiger partial charge on any atom is -0.481 e. The normalized spacial score (nSPS) is 21.9. The Labute approximate surface area is 96.4 Å². The van der Waals surface area contributed by atoms with Crippen LogP contribution >= 0.6 is 0 Å². The van der Waals surface area contributed by atoms with E-state index < -0.39 is 21.2 Å². The number of hydrogen-bond donors (Lipinski definition) is 1. The van der Waals surface area contributed by atoms with Crippen molar-refractivity contribution in [1.29, 1.82) is 0 Å². The van der Waals surface area contributed by atoms with E-state index >= 15 is 0 Å². The van der Waals surface area contributed by atoms with Gasteiger partial charge in [-0.05, 0) is 32.9 Å². The van der Waals surface area contributed by atoms with Crippen LogP contribution in [0.15, 0.2) is 0 Å². The van der Waals surface area contributed by atoms with Crippen LogP contribution in [-0.2, 0) is 14.6 Å². The standard InChI is InChI=1S/C10H19NO4S/c1-10(9(12)13)3-5-11(6-4-10)7-8-16(2,14)15/h3-8H2,1-2H3,(H,12,13). The zero-order valence-electron chi connectivity index (χ0n) is 9.77. The van der Waals surface area contributed by atoms with Crippen molar-refractivity contribution in [2.45, 2.75) is 19.8 Å². The molecule has 0 amide bonds. The number of carboxylic acids is 1. The molecule has 16 heavy (non-hydrogen) atoms. The summed E-state index contributed by atoms with van der Waals surface area (Å²) in [5, 5.41) is 9.03. The summed E-state index contributed by atoms with van der Waals surface area (Å²) in [5.41, 5.74) is -0.637. The van der Waals surface area contributed by atoms with Crippen molar-refractivity contribution in [2.24, 2.45) is 5.41 Å². The van der Waals surface area contributed by atoms with Gasteiger partial charge < -0.3 is 10.0 Å². The maximum Gasteiger partial charge on any atom is 0.309 e. The van der Waals surface area contributed by atoms with Gasteiger partial charge in [0.1, 0.15) is 9.84 Å². The average Bonchev–Trinajstić information content (AvgIpc) is 2.15. The molecule has 1 aliphatic rings. The van der Waals surface area contributed by atoms with Crippen LogP contribution in [0.3, 0.4) is 0 Å². The van der Waals surface area contributed by atoms with Crippen LogP contribution < -0.4 is 0 Å². The first-order chi connectivity index (χ1) is 7.23. The molecule has 1 saturated heterocycles. The van der Waals surface area contributed by atoms with Crippen LogP contribution in [0.1, 0.15) is 19.8 Å². The highest BCUT2D eigenvalue weighted by Crippen LogP contribution is 2.30. The molecule has 1 heterocycles. The van der Waals surface area contributed by atoms with Crippen LogP contribution in [0.5, 0.6) is 0 Å².